The zero-order chi connectivity index (χ0) is 27.2. The van der Waals surface area contributed by atoms with Crippen molar-refractivity contribution in [2.75, 3.05) is 23.7 Å². The molecule has 0 saturated heterocycles. The summed E-state index contributed by atoms with van der Waals surface area (Å²) < 4.78 is 27.3. The number of carbonyl (C=O) groups is 2. The average Bonchev–Trinajstić information content (AvgIpc) is 2.79. The van der Waals surface area contributed by atoms with Crippen molar-refractivity contribution in [1.29, 1.82) is 0 Å². The van der Waals surface area contributed by atoms with E-state index in [0.29, 0.717) is 34.3 Å². The molecule has 36 heavy (non-hydrogen) atoms. The largest absolute Gasteiger partial charge is 0.354 e. The summed E-state index contributed by atoms with van der Waals surface area (Å²) in [5.74, 6) is -0.587. The molecule has 2 rings (SSSR count). The van der Waals surface area contributed by atoms with Crippen LogP contribution < -0.4 is 9.62 Å². The lowest BCUT2D eigenvalue weighted by Gasteiger charge is -2.33. The SMILES string of the molecule is CCC(C(=O)NCC(C)C)N(Cc1ccc(Cl)c(Cl)c1)C(=O)CN(c1ccc(Br)c(C)c1)S(C)(=O)=O. The molecule has 2 aromatic rings. The zero-order valence-electron chi connectivity index (χ0n) is 21.0. The summed E-state index contributed by atoms with van der Waals surface area (Å²) in [5.41, 5.74) is 1.84. The normalized spacial score (nSPS) is 12.4. The van der Waals surface area contributed by atoms with Crippen LogP contribution >= 0.6 is 39.1 Å². The van der Waals surface area contributed by atoms with Crippen LogP contribution in [0.25, 0.3) is 0 Å². The second-order valence-electron chi connectivity index (χ2n) is 9.04. The van der Waals surface area contributed by atoms with Gasteiger partial charge in [0.25, 0.3) is 0 Å². The third kappa shape index (κ3) is 8.36. The van der Waals surface area contributed by atoms with Crippen molar-refractivity contribution < 1.29 is 18.0 Å². The minimum absolute atomic E-state index is 0.0558. The maximum atomic E-state index is 13.7. The van der Waals surface area contributed by atoms with Crippen molar-refractivity contribution in [3.8, 4) is 0 Å². The number of aryl methyl sites for hydroxylation is 1. The molecule has 7 nitrogen and oxygen atoms in total. The molecule has 0 bridgehead atoms. The molecule has 0 saturated carbocycles. The molecule has 1 atom stereocenters. The van der Waals surface area contributed by atoms with Gasteiger partial charge in [-0.25, -0.2) is 8.42 Å². The number of sulfonamides is 1. The van der Waals surface area contributed by atoms with Crippen molar-refractivity contribution >= 4 is 66.7 Å². The Morgan fingerprint density at radius 1 is 1.08 bits per heavy atom. The number of anilines is 1. The summed E-state index contributed by atoms with van der Waals surface area (Å²) in [6, 6.07) is 9.22. The highest BCUT2D eigenvalue weighted by Crippen LogP contribution is 2.26. The van der Waals surface area contributed by atoms with Gasteiger partial charge < -0.3 is 10.2 Å². The van der Waals surface area contributed by atoms with Crippen LogP contribution in [-0.2, 0) is 26.2 Å². The Hall–Kier alpha value is -1.81. The third-order valence-corrected chi connectivity index (χ3v) is 8.29. The second-order valence-corrected chi connectivity index (χ2v) is 12.6. The predicted octanol–water partition coefficient (Wildman–Crippen LogP) is 5.41. The number of hydrogen-bond acceptors (Lipinski definition) is 4. The molecule has 0 radical (unpaired) electrons. The molecule has 0 heterocycles. The van der Waals surface area contributed by atoms with Gasteiger partial charge in [-0.1, -0.05) is 66.0 Å². The fourth-order valence-electron chi connectivity index (χ4n) is 3.57. The Balaban J connectivity index is 2.46. The monoisotopic (exact) mass is 619 g/mol. The Labute approximate surface area is 232 Å². The second kappa shape index (κ2) is 13.1. The van der Waals surface area contributed by atoms with Crippen LogP contribution in [0.3, 0.4) is 0 Å². The lowest BCUT2D eigenvalue weighted by molar-refractivity contribution is -0.140. The molecule has 0 aromatic heterocycles. The lowest BCUT2D eigenvalue weighted by atomic mass is 10.1. The molecule has 2 amide bonds. The first-order chi connectivity index (χ1) is 16.7. The van der Waals surface area contributed by atoms with E-state index in [9.17, 15) is 18.0 Å². The minimum atomic E-state index is -3.80. The van der Waals surface area contributed by atoms with Crippen LogP contribution in [-0.4, -0.2) is 50.5 Å². The van der Waals surface area contributed by atoms with E-state index < -0.39 is 28.5 Å². The number of carbonyl (C=O) groups excluding carboxylic acids is 2. The maximum absolute atomic E-state index is 13.7. The molecule has 2 aromatic carbocycles. The highest BCUT2D eigenvalue weighted by Gasteiger charge is 2.32. The number of halogens is 3. The van der Waals surface area contributed by atoms with E-state index in [1.54, 1.807) is 43.3 Å². The molecular weight excluding hydrogens is 589 g/mol. The topological polar surface area (TPSA) is 86.8 Å². The van der Waals surface area contributed by atoms with Crippen LogP contribution in [0.4, 0.5) is 5.69 Å². The van der Waals surface area contributed by atoms with Gasteiger partial charge in [0.1, 0.15) is 12.6 Å². The van der Waals surface area contributed by atoms with Crippen LogP contribution in [0, 0.1) is 12.8 Å². The maximum Gasteiger partial charge on any atom is 0.244 e. The first-order valence-electron chi connectivity index (χ1n) is 11.5. The van der Waals surface area contributed by atoms with E-state index in [-0.39, 0.29) is 18.4 Å². The van der Waals surface area contributed by atoms with Gasteiger partial charge >= 0.3 is 0 Å². The predicted molar refractivity (Wildman–Crippen MR) is 150 cm³/mol. The minimum Gasteiger partial charge on any atom is -0.354 e. The fourth-order valence-corrected chi connectivity index (χ4v) is 4.98. The molecule has 0 fully saturated rings. The highest BCUT2D eigenvalue weighted by atomic mass is 79.9. The van der Waals surface area contributed by atoms with Crippen molar-refractivity contribution in [1.82, 2.24) is 10.2 Å². The smallest absolute Gasteiger partial charge is 0.244 e. The Morgan fingerprint density at radius 2 is 1.75 bits per heavy atom. The van der Waals surface area contributed by atoms with Gasteiger partial charge in [-0.05, 0) is 60.7 Å². The average molecular weight is 621 g/mol. The van der Waals surface area contributed by atoms with Crippen molar-refractivity contribution in [2.24, 2.45) is 5.92 Å². The molecule has 1 unspecified atom stereocenters. The standard InChI is InChI=1S/C25H32BrCl2N3O4S/c1-6-23(25(33)29-13-16(2)3)30(14-18-7-10-21(27)22(28)12-18)24(32)15-31(36(5,34)35)19-8-9-20(26)17(4)11-19/h7-12,16,23H,6,13-15H2,1-5H3,(H,29,33). The summed E-state index contributed by atoms with van der Waals surface area (Å²) in [4.78, 5) is 28.2. The van der Waals surface area contributed by atoms with Crippen LogP contribution in [0.15, 0.2) is 40.9 Å². The number of nitrogens with one attached hydrogen (secondary N) is 1. The summed E-state index contributed by atoms with van der Waals surface area (Å²) in [7, 11) is -3.80. The van der Waals surface area contributed by atoms with Crippen LogP contribution in [0.2, 0.25) is 10.0 Å². The van der Waals surface area contributed by atoms with Gasteiger partial charge in [-0.2, -0.15) is 0 Å². The molecule has 198 valence electrons. The van der Waals surface area contributed by atoms with E-state index in [1.165, 1.54) is 4.90 Å². The van der Waals surface area contributed by atoms with E-state index in [2.05, 4.69) is 21.2 Å². The number of nitrogens with zero attached hydrogens (tertiary/aromatic N) is 2. The molecule has 1 N–H and O–H groups in total. The van der Waals surface area contributed by atoms with Gasteiger partial charge in [0.2, 0.25) is 21.8 Å². The van der Waals surface area contributed by atoms with Gasteiger partial charge in [-0.15, -0.1) is 0 Å². The third-order valence-electron chi connectivity index (χ3n) is 5.52. The van der Waals surface area contributed by atoms with Crippen molar-refractivity contribution in [3.63, 3.8) is 0 Å². The Kier molecular flexibility index (Phi) is 11.1. The van der Waals surface area contributed by atoms with Gasteiger partial charge in [0.15, 0.2) is 0 Å². The number of amides is 2. The van der Waals surface area contributed by atoms with E-state index in [4.69, 9.17) is 23.2 Å². The Bertz CT molecular complexity index is 1210. The summed E-state index contributed by atoms with van der Waals surface area (Å²) >= 11 is 15.6. The quantitative estimate of drug-likeness (QED) is 0.364. The van der Waals surface area contributed by atoms with Gasteiger partial charge in [0, 0.05) is 17.6 Å². The summed E-state index contributed by atoms with van der Waals surface area (Å²) in [6.07, 6.45) is 1.39. The molecule has 0 spiro atoms. The number of benzene rings is 2. The zero-order valence-corrected chi connectivity index (χ0v) is 24.9. The van der Waals surface area contributed by atoms with Gasteiger partial charge in [-0.3, -0.25) is 13.9 Å². The Morgan fingerprint density at radius 3 is 2.28 bits per heavy atom. The van der Waals surface area contributed by atoms with Crippen molar-refractivity contribution in [2.45, 2.75) is 46.7 Å². The lowest BCUT2D eigenvalue weighted by Crippen LogP contribution is -2.52. The van der Waals surface area contributed by atoms with E-state index >= 15 is 0 Å². The number of hydrogen-bond donors (Lipinski definition) is 1. The first-order valence-corrected chi connectivity index (χ1v) is 14.9. The van der Waals surface area contributed by atoms with E-state index in [1.807, 2.05) is 20.8 Å². The van der Waals surface area contributed by atoms with Gasteiger partial charge in [0.05, 0.1) is 22.0 Å². The first kappa shape index (κ1) is 30.4. The van der Waals surface area contributed by atoms with E-state index in [0.717, 1.165) is 20.6 Å². The molecule has 0 aliphatic carbocycles. The molecule has 0 aliphatic rings. The summed E-state index contributed by atoms with van der Waals surface area (Å²) in [6.45, 7) is 7.64. The van der Waals surface area contributed by atoms with Crippen LogP contribution in [0.1, 0.15) is 38.3 Å². The molecule has 0 aliphatic heterocycles. The highest BCUT2D eigenvalue weighted by molar-refractivity contribution is 9.10. The molecule has 11 heteroatoms. The molecular formula is C25H32BrCl2N3O4S. The number of rotatable bonds is 11. The summed E-state index contributed by atoms with van der Waals surface area (Å²) in [5, 5.41) is 3.58. The van der Waals surface area contributed by atoms with Crippen LogP contribution in [0.5, 0.6) is 0 Å². The van der Waals surface area contributed by atoms with Crippen molar-refractivity contribution in [3.05, 3.63) is 62.0 Å². The fraction of sp³-hybridized carbons (Fsp3) is 0.440.